The molecule has 0 unspecified atom stereocenters. The first-order valence-electron chi connectivity index (χ1n) is 7.16. The van der Waals surface area contributed by atoms with Gasteiger partial charge < -0.3 is 9.47 Å². The van der Waals surface area contributed by atoms with Crippen molar-refractivity contribution in [1.82, 2.24) is 0 Å². The van der Waals surface area contributed by atoms with Crippen LogP contribution in [0, 0.1) is 11.3 Å². The number of fused-ring (bicyclic) bond motifs is 1. The Hall–Kier alpha value is -3.25. The molecule has 0 aliphatic rings. The Kier molecular flexibility index (Phi) is 3.99. The van der Waals surface area contributed by atoms with Crippen molar-refractivity contribution in [3.63, 3.8) is 0 Å². The normalized spacial score (nSPS) is 10.1. The van der Waals surface area contributed by atoms with E-state index < -0.39 is 0 Å². The molecule has 0 aliphatic heterocycles. The molecule has 0 saturated carbocycles. The molecular weight excluding hydrogens is 286 g/mol. The highest BCUT2D eigenvalue weighted by Gasteiger charge is 2.12. The average molecular weight is 301 g/mol. The Morgan fingerprint density at radius 3 is 2.43 bits per heavy atom. The van der Waals surface area contributed by atoms with Crippen molar-refractivity contribution in [3.05, 3.63) is 78.4 Å². The third-order valence-corrected chi connectivity index (χ3v) is 3.62. The average Bonchev–Trinajstić information content (AvgIpc) is 2.60. The molecule has 0 aromatic heterocycles. The number of hydrogen-bond donors (Lipinski definition) is 0. The highest BCUT2D eigenvalue weighted by Crippen LogP contribution is 2.30. The van der Waals surface area contributed by atoms with Gasteiger partial charge in [-0.05, 0) is 29.0 Å². The molecule has 0 amide bonds. The summed E-state index contributed by atoms with van der Waals surface area (Å²) in [6.45, 7) is 3.99. The third kappa shape index (κ3) is 2.88. The second kappa shape index (κ2) is 6.25. The molecule has 0 atom stereocenters. The molecule has 0 saturated heterocycles. The van der Waals surface area contributed by atoms with Crippen molar-refractivity contribution in [3.8, 4) is 17.6 Å². The van der Waals surface area contributed by atoms with Crippen LogP contribution in [0.3, 0.4) is 0 Å². The second-order valence-electron chi connectivity index (χ2n) is 5.03. The minimum absolute atomic E-state index is 0.358. The quantitative estimate of drug-likeness (QED) is 0.652. The van der Waals surface area contributed by atoms with Crippen molar-refractivity contribution in [2.24, 2.45) is 0 Å². The van der Waals surface area contributed by atoms with Gasteiger partial charge >= 0.3 is 0 Å². The van der Waals surface area contributed by atoms with Crippen LogP contribution in [0.15, 0.2) is 67.2 Å². The van der Waals surface area contributed by atoms with Gasteiger partial charge in [-0.15, -0.1) is 0 Å². The Labute approximate surface area is 135 Å². The summed E-state index contributed by atoms with van der Waals surface area (Å²) in [5.41, 5.74) is 1.23. The van der Waals surface area contributed by atoms with Gasteiger partial charge in [0.25, 0.3) is 0 Å². The van der Waals surface area contributed by atoms with E-state index in [1.165, 1.54) is 7.11 Å². The summed E-state index contributed by atoms with van der Waals surface area (Å²) in [6, 6.07) is 21.4. The zero-order valence-corrected chi connectivity index (χ0v) is 12.7. The third-order valence-electron chi connectivity index (χ3n) is 3.62. The van der Waals surface area contributed by atoms with E-state index in [1.54, 1.807) is 18.2 Å². The fraction of sp³-hybridized carbons (Fsp3) is 0.0500. The van der Waals surface area contributed by atoms with E-state index in [4.69, 9.17) is 9.47 Å². The summed E-state index contributed by atoms with van der Waals surface area (Å²) >= 11 is 0. The Balaban J connectivity index is 1.93. The van der Waals surface area contributed by atoms with Crippen LogP contribution in [-0.4, -0.2) is 7.11 Å². The van der Waals surface area contributed by atoms with Gasteiger partial charge in [0.1, 0.15) is 28.9 Å². The van der Waals surface area contributed by atoms with Crippen molar-refractivity contribution >= 4 is 16.5 Å². The van der Waals surface area contributed by atoms with Crippen molar-refractivity contribution < 1.29 is 9.47 Å². The molecule has 3 aromatic carbocycles. The SMILES string of the molecule is C=C(Oc1cccc(OC)c1C#N)c1ccc2ccccc2c1. The van der Waals surface area contributed by atoms with E-state index in [2.05, 4.69) is 18.7 Å². The standard InChI is InChI=1S/C20H15NO2/c1-14(16-11-10-15-6-3-4-7-17(15)12-16)23-20-9-5-8-19(22-2)18(20)13-21/h3-12H,1H2,2H3. The molecule has 23 heavy (non-hydrogen) atoms. The van der Waals surface area contributed by atoms with E-state index >= 15 is 0 Å². The summed E-state index contributed by atoms with van der Waals surface area (Å²) in [4.78, 5) is 0. The van der Waals surface area contributed by atoms with E-state index in [1.807, 2.05) is 36.4 Å². The minimum Gasteiger partial charge on any atom is -0.495 e. The van der Waals surface area contributed by atoms with Gasteiger partial charge in [-0.1, -0.05) is 49.0 Å². The molecule has 3 heteroatoms. The molecule has 3 rings (SSSR count). The van der Waals surface area contributed by atoms with E-state index in [0.717, 1.165) is 16.3 Å². The van der Waals surface area contributed by atoms with Crippen LogP contribution >= 0.6 is 0 Å². The van der Waals surface area contributed by atoms with Crippen LogP contribution in [0.25, 0.3) is 16.5 Å². The number of methoxy groups -OCH3 is 1. The Morgan fingerprint density at radius 2 is 1.70 bits per heavy atom. The summed E-state index contributed by atoms with van der Waals surface area (Å²) in [5, 5.41) is 11.6. The fourth-order valence-electron chi connectivity index (χ4n) is 2.43. The number of nitrogens with zero attached hydrogens (tertiary/aromatic N) is 1. The maximum absolute atomic E-state index is 9.32. The van der Waals surface area contributed by atoms with Crippen LogP contribution in [0.1, 0.15) is 11.1 Å². The lowest BCUT2D eigenvalue weighted by molar-refractivity contribution is 0.409. The number of rotatable bonds is 4. The van der Waals surface area contributed by atoms with Crippen LogP contribution in [0.2, 0.25) is 0 Å². The van der Waals surface area contributed by atoms with Gasteiger partial charge in [0.15, 0.2) is 0 Å². The molecule has 0 N–H and O–H groups in total. The zero-order valence-electron chi connectivity index (χ0n) is 12.7. The van der Waals surface area contributed by atoms with Crippen LogP contribution in [0.5, 0.6) is 11.5 Å². The summed E-state index contributed by atoms with van der Waals surface area (Å²) in [6.07, 6.45) is 0. The van der Waals surface area contributed by atoms with Crippen molar-refractivity contribution in [2.45, 2.75) is 0 Å². The lowest BCUT2D eigenvalue weighted by Gasteiger charge is -2.12. The first-order chi connectivity index (χ1) is 11.2. The van der Waals surface area contributed by atoms with Gasteiger partial charge in [-0.3, -0.25) is 0 Å². The lowest BCUT2D eigenvalue weighted by Crippen LogP contribution is -1.97. The van der Waals surface area contributed by atoms with E-state index in [-0.39, 0.29) is 0 Å². The van der Waals surface area contributed by atoms with Gasteiger partial charge in [0.05, 0.1) is 7.11 Å². The predicted octanol–water partition coefficient (Wildman–Crippen LogP) is 4.77. The molecule has 0 aliphatic carbocycles. The predicted molar refractivity (Wildman–Crippen MR) is 91.3 cm³/mol. The van der Waals surface area contributed by atoms with E-state index in [0.29, 0.717) is 22.8 Å². The maximum Gasteiger partial charge on any atom is 0.148 e. The summed E-state index contributed by atoms with van der Waals surface area (Å²) in [7, 11) is 1.53. The first kappa shape index (κ1) is 14.7. The molecule has 0 fully saturated rings. The highest BCUT2D eigenvalue weighted by atomic mass is 16.5. The van der Waals surface area contributed by atoms with Crippen molar-refractivity contribution in [2.75, 3.05) is 7.11 Å². The second-order valence-corrected chi connectivity index (χ2v) is 5.03. The fourth-order valence-corrected chi connectivity index (χ4v) is 2.43. The molecule has 0 heterocycles. The molecule has 112 valence electrons. The molecular formula is C20H15NO2. The molecule has 0 spiro atoms. The Bertz CT molecular complexity index is 922. The van der Waals surface area contributed by atoms with Gasteiger partial charge in [-0.2, -0.15) is 5.26 Å². The largest absolute Gasteiger partial charge is 0.495 e. The number of hydrogen-bond acceptors (Lipinski definition) is 3. The van der Waals surface area contributed by atoms with E-state index in [9.17, 15) is 5.26 Å². The number of benzene rings is 3. The molecule has 3 nitrogen and oxygen atoms in total. The summed E-state index contributed by atoms with van der Waals surface area (Å²) < 4.78 is 11.0. The first-order valence-corrected chi connectivity index (χ1v) is 7.16. The Morgan fingerprint density at radius 1 is 0.957 bits per heavy atom. The molecule has 3 aromatic rings. The monoisotopic (exact) mass is 301 g/mol. The smallest absolute Gasteiger partial charge is 0.148 e. The topological polar surface area (TPSA) is 42.2 Å². The van der Waals surface area contributed by atoms with Gasteiger partial charge in [0.2, 0.25) is 0 Å². The van der Waals surface area contributed by atoms with Crippen molar-refractivity contribution in [1.29, 1.82) is 5.26 Å². The van der Waals surface area contributed by atoms with Gasteiger partial charge in [-0.25, -0.2) is 0 Å². The minimum atomic E-state index is 0.358. The molecule has 0 radical (unpaired) electrons. The number of nitriles is 1. The number of ether oxygens (including phenoxy) is 2. The van der Waals surface area contributed by atoms with Crippen LogP contribution in [0.4, 0.5) is 0 Å². The van der Waals surface area contributed by atoms with Gasteiger partial charge in [0, 0.05) is 5.56 Å². The van der Waals surface area contributed by atoms with Crippen LogP contribution < -0.4 is 9.47 Å². The zero-order chi connectivity index (χ0) is 16.2. The van der Waals surface area contributed by atoms with Crippen LogP contribution in [-0.2, 0) is 0 Å². The summed E-state index contributed by atoms with van der Waals surface area (Å²) in [5.74, 6) is 1.40. The maximum atomic E-state index is 9.32. The highest BCUT2D eigenvalue weighted by molar-refractivity contribution is 5.85. The molecule has 0 bridgehead atoms. The lowest BCUT2D eigenvalue weighted by atomic mass is 10.1.